The number of H-pyrrole nitrogens is 1. The maximum Gasteiger partial charge on any atom is 0.328 e. The van der Waals surface area contributed by atoms with E-state index in [0.29, 0.717) is 31.9 Å². The molecule has 9 heteroatoms. The van der Waals surface area contributed by atoms with Gasteiger partial charge in [0.1, 0.15) is 5.56 Å². The Kier molecular flexibility index (Phi) is 4.97. The zero-order valence-electron chi connectivity index (χ0n) is 14.3. The highest BCUT2D eigenvalue weighted by atomic mass is 16.2. The predicted octanol–water partition coefficient (Wildman–Crippen LogP) is -0.716. The number of amides is 2. The molecule has 1 saturated heterocycles. The Labute approximate surface area is 148 Å². The zero-order valence-corrected chi connectivity index (χ0v) is 14.3. The third kappa shape index (κ3) is 3.56. The van der Waals surface area contributed by atoms with E-state index in [4.69, 9.17) is 0 Å². The first-order valence-corrected chi connectivity index (χ1v) is 8.24. The van der Waals surface area contributed by atoms with Crippen LogP contribution in [0.4, 0.5) is 0 Å². The number of piperazine rings is 1. The molecule has 9 nitrogen and oxygen atoms in total. The first kappa shape index (κ1) is 17.6. The fraction of sp³-hybridized carbons (Fsp3) is 0.353. The van der Waals surface area contributed by atoms with Crippen LogP contribution in [0.2, 0.25) is 0 Å². The number of aromatic nitrogens is 3. The summed E-state index contributed by atoms with van der Waals surface area (Å²) < 4.78 is 0.960. The van der Waals surface area contributed by atoms with Gasteiger partial charge in [-0.25, -0.2) is 4.79 Å². The average Bonchev–Trinajstić information content (AvgIpc) is 2.65. The van der Waals surface area contributed by atoms with Gasteiger partial charge in [-0.05, 0) is 12.1 Å². The second-order valence-electron chi connectivity index (χ2n) is 6.02. The van der Waals surface area contributed by atoms with Crippen LogP contribution in [0.25, 0.3) is 0 Å². The summed E-state index contributed by atoms with van der Waals surface area (Å²) in [4.78, 5) is 58.4. The minimum absolute atomic E-state index is 0.0196. The molecule has 2 aromatic rings. The van der Waals surface area contributed by atoms with Gasteiger partial charge in [-0.1, -0.05) is 6.07 Å². The normalized spacial score (nSPS) is 14.3. The number of aromatic amines is 1. The quantitative estimate of drug-likeness (QED) is 0.780. The predicted molar refractivity (Wildman–Crippen MR) is 92.8 cm³/mol. The smallest absolute Gasteiger partial charge is 0.328 e. The summed E-state index contributed by atoms with van der Waals surface area (Å²) in [6.45, 7) is 3.00. The Morgan fingerprint density at radius 3 is 2.42 bits per heavy atom. The molecule has 0 aromatic carbocycles. The van der Waals surface area contributed by atoms with Crippen molar-refractivity contribution < 1.29 is 9.59 Å². The Morgan fingerprint density at radius 1 is 1.12 bits per heavy atom. The maximum atomic E-state index is 12.7. The lowest BCUT2D eigenvalue weighted by Crippen LogP contribution is -2.51. The van der Waals surface area contributed by atoms with E-state index in [0.717, 1.165) is 10.8 Å². The summed E-state index contributed by atoms with van der Waals surface area (Å²) in [5, 5.41) is 0. The van der Waals surface area contributed by atoms with Crippen LogP contribution in [0.3, 0.4) is 0 Å². The van der Waals surface area contributed by atoms with Crippen molar-refractivity contribution in [1.29, 1.82) is 0 Å². The van der Waals surface area contributed by atoms with Crippen molar-refractivity contribution in [3.8, 4) is 0 Å². The molecule has 0 aliphatic carbocycles. The Morgan fingerprint density at radius 2 is 1.81 bits per heavy atom. The first-order chi connectivity index (χ1) is 12.5. The Hall–Kier alpha value is -3.23. The molecule has 0 unspecified atom stereocenters. The summed E-state index contributed by atoms with van der Waals surface area (Å²) in [7, 11) is 0. The second kappa shape index (κ2) is 7.34. The first-order valence-electron chi connectivity index (χ1n) is 8.24. The van der Waals surface area contributed by atoms with Crippen molar-refractivity contribution in [2.75, 3.05) is 26.2 Å². The van der Waals surface area contributed by atoms with Crippen LogP contribution in [0, 0.1) is 0 Å². The molecule has 1 fully saturated rings. The maximum absolute atomic E-state index is 12.7. The summed E-state index contributed by atoms with van der Waals surface area (Å²) in [5.74, 6) is -0.497. The molecule has 0 spiro atoms. The molecule has 0 radical (unpaired) electrons. The number of carbonyl (C=O) groups is 2. The van der Waals surface area contributed by atoms with Crippen molar-refractivity contribution in [2.24, 2.45) is 0 Å². The van der Waals surface area contributed by atoms with E-state index in [9.17, 15) is 19.2 Å². The van der Waals surface area contributed by atoms with Gasteiger partial charge < -0.3 is 14.8 Å². The summed E-state index contributed by atoms with van der Waals surface area (Å²) in [5.41, 5.74) is -0.811. The molecule has 1 aliphatic rings. The van der Waals surface area contributed by atoms with Crippen LogP contribution < -0.4 is 11.2 Å². The molecule has 1 aliphatic heterocycles. The molecule has 136 valence electrons. The van der Waals surface area contributed by atoms with Gasteiger partial charge in [-0.2, -0.15) is 0 Å². The largest absolute Gasteiger partial charge is 0.339 e. The Balaban J connectivity index is 1.84. The molecule has 2 amide bonds. The van der Waals surface area contributed by atoms with Gasteiger partial charge in [0, 0.05) is 45.5 Å². The SMILES string of the molecule is CC(=O)N1CCN(C(=O)c2c[nH]c(=O)n(Cc3ccccn3)c2=O)CC1. The number of nitrogens with one attached hydrogen (secondary N) is 1. The average molecular weight is 357 g/mol. The molecule has 1 N–H and O–H groups in total. The number of nitrogens with zero attached hydrogens (tertiary/aromatic N) is 4. The van der Waals surface area contributed by atoms with Gasteiger partial charge in [0.2, 0.25) is 5.91 Å². The Bertz CT molecular complexity index is 926. The summed E-state index contributed by atoms with van der Waals surface area (Å²) in [6.07, 6.45) is 2.72. The summed E-state index contributed by atoms with van der Waals surface area (Å²) >= 11 is 0. The third-order valence-corrected chi connectivity index (χ3v) is 4.35. The van der Waals surface area contributed by atoms with Crippen LogP contribution >= 0.6 is 0 Å². The number of pyridine rings is 1. The second-order valence-corrected chi connectivity index (χ2v) is 6.02. The molecule has 3 rings (SSSR count). The number of hydrogen-bond acceptors (Lipinski definition) is 5. The van der Waals surface area contributed by atoms with Gasteiger partial charge in [0.05, 0.1) is 12.2 Å². The van der Waals surface area contributed by atoms with Crippen LogP contribution in [0.1, 0.15) is 23.0 Å². The van der Waals surface area contributed by atoms with E-state index < -0.39 is 17.2 Å². The molecule has 26 heavy (non-hydrogen) atoms. The van der Waals surface area contributed by atoms with Crippen LogP contribution in [0.5, 0.6) is 0 Å². The standard InChI is InChI=1S/C17H19N5O4/c1-12(23)20-6-8-21(9-7-20)15(24)14-10-19-17(26)22(16(14)25)11-13-4-2-3-5-18-13/h2-5,10H,6-9,11H2,1H3,(H,19,26). The fourth-order valence-electron chi connectivity index (χ4n) is 2.86. The lowest BCUT2D eigenvalue weighted by atomic mass is 10.2. The van der Waals surface area contributed by atoms with E-state index in [1.807, 2.05) is 0 Å². The zero-order chi connectivity index (χ0) is 18.7. The number of rotatable bonds is 3. The van der Waals surface area contributed by atoms with Gasteiger partial charge >= 0.3 is 5.69 Å². The molecule has 3 heterocycles. The third-order valence-electron chi connectivity index (χ3n) is 4.35. The van der Waals surface area contributed by atoms with E-state index in [-0.39, 0.29) is 18.0 Å². The molecule has 0 saturated carbocycles. The highest BCUT2D eigenvalue weighted by Gasteiger charge is 2.25. The lowest BCUT2D eigenvalue weighted by Gasteiger charge is -2.34. The van der Waals surface area contributed by atoms with E-state index >= 15 is 0 Å². The highest BCUT2D eigenvalue weighted by Crippen LogP contribution is 2.06. The monoisotopic (exact) mass is 357 g/mol. The fourth-order valence-corrected chi connectivity index (χ4v) is 2.86. The van der Waals surface area contributed by atoms with Gasteiger partial charge in [-0.3, -0.25) is 23.9 Å². The topological polar surface area (TPSA) is 108 Å². The molecular formula is C17H19N5O4. The van der Waals surface area contributed by atoms with Crippen LogP contribution in [-0.2, 0) is 11.3 Å². The van der Waals surface area contributed by atoms with Crippen LogP contribution in [0.15, 0.2) is 40.2 Å². The summed E-state index contributed by atoms with van der Waals surface area (Å²) in [6, 6.07) is 5.18. The number of carbonyl (C=O) groups excluding carboxylic acids is 2. The number of hydrogen-bond donors (Lipinski definition) is 1. The minimum Gasteiger partial charge on any atom is -0.339 e. The van der Waals surface area contributed by atoms with Crippen molar-refractivity contribution in [3.63, 3.8) is 0 Å². The van der Waals surface area contributed by atoms with Crippen molar-refractivity contribution in [1.82, 2.24) is 24.3 Å². The lowest BCUT2D eigenvalue weighted by molar-refractivity contribution is -0.130. The van der Waals surface area contributed by atoms with Gasteiger partial charge in [0.25, 0.3) is 11.5 Å². The molecule has 0 atom stereocenters. The minimum atomic E-state index is -0.654. The van der Waals surface area contributed by atoms with E-state index in [2.05, 4.69) is 9.97 Å². The van der Waals surface area contributed by atoms with E-state index in [1.165, 1.54) is 11.8 Å². The van der Waals surface area contributed by atoms with Crippen molar-refractivity contribution in [2.45, 2.75) is 13.5 Å². The van der Waals surface area contributed by atoms with E-state index in [1.54, 1.807) is 29.3 Å². The van der Waals surface area contributed by atoms with Crippen molar-refractivity contribution >= 4 is 11.8 Å². The molecular weight excluding hydrogens is 338 g/mol. The highest BCUT2D eigenvalue weighted by molar-refractivity contribution is 5.93. The molecule has 0 bridgehead atoms. The van der Waals surface area contributed by atoms with Gasteiger partial charge in [-0.15, -0.1) is 0 Å². The van der Waals surface area contributed by atoms with Crippen molar-refractivity contribution in [3.05, 3.63) is 62.7 Å². The van der Waals surface area contributed by atoms with Gasteiger partial charge in [0.15, 0.2) is 0 Å². The molecule has 2 aromatic heterocycles. The van der Waals surface area contributed by atoms with Crippen LogP contribution in [-0.4, -0.2) is 62.3 Å².